The first-order valence-electron chi connectivity index (χ1n) is 15.8. The molecule has 0 amide bonds. The zero-order valence-electron chi connectivity index (χ0n) is 30.8. The fourth-order valence-electron chi connectivity index (χ4n) is 2.94. The minimum absolute atomic E-state index is 0.500. The summed E-state index contributed by atoms with van der Waals surface area (Å²) >= 11 is 0. The molecule has 2 N–H and O–H groups in total. The summed E-state index contributed by atoms with van der Waals surface area (Å²) in [6.45, 7) is 35.0. The van der Waals surface area contributed by atoms with Gasteiger partial charge in [-0.15, -0.1) is 0 Å². The summed E-state index contributed by atoms with van der Waals surface area (Å²) in [4.78, 5) is 16.0. The van der Waals surface area contributed by atoms with Crippen LogP contribution in [0, 0.1) is 21.7 Å². The molecule has 8 bridgehead atoms. The molecule has 4 heteroatoms. The van der Waals surface area contributed by atoms with Gasteiger partial charge >= 0.3 is 0 Å². The van der Waals surface area contributed by atoms with Gasteiger partial charge in [-0.2, -0.15) is 0 Å². The van der Waals surface area contributed by atoms with E-state index >= 15 is 0 Å². The molecule has 5 rings (SSSR count). The minimum Gasteiger partial charge on any atom is -0.355 e. The largest absolute Gasteiger partial charge is 0.355 e. The highest BCUT2D eigenvalue weighted by molar-refractivity contribution is 5.77. The second-order valence-electron chi connectivity index (χ2n) is 17.9. The molecule has 4 nitrogen and oxygen atoms in total. The Bertz CT molecular complexity index is 1360. The molecule has 0 spiro atoms. The third-order valence-electron chi connectivity index (χ3n) is 4.04. The first-order chi connectivity index (χ1) is 19.8. The van der Waals surface area contributed by atoms with Gasteiger partial charge in [0.25, 0.3) is 0 Å². The number of nitrogens with zero attached hydrogens (tertiary/aromatic N) is 2. The van der Waals surface area contributed by atoms with E-state index in [2.05, 4.69) is 161 Å². The van der Waals surface area contributed by atoms with Crippen molar-refractivity contribution >= 4 is 46.4 Å². The van der Waals surface area contributed by atoms with E-state index in [4.69, 9.17) is 0 Å². The van der Waals surface area contributed by atoms with Gasteiger partial charge in [-0.05, 0) is 94.5 Å². The molecule has 2 aliphatic rings. The number of nitrogens with one attached hydrogen (secondary N) is 2. The second-order valence-corrected chi connectivity index (χ2v) is 17.9. The van der Waals surface area contributed by atoms with Crippen molar-refractivity contribution in [1.82, 2.24) is 19.9 Å². The van der Waals surface area contributed by atoms with Gasteiger partial charge in [-0.25, -0.2) is 9.97 Å². The SMILES string of the molecule is C1=Cc2cc3ccc(cc4ccc(cc5nc(cc1n2)C=C5)[nH]4)[nH]3.CC(C)(C)C.CC(C)(C)C.CC(C)(C)C.CC(C)(C)C. The summed E-state index contributed by atoms with van der Waals surface area (Å²) < 4.78 is 0. The predicted molar refractivity (Wildman–Crippen MR) is 199 cm³/mol. The van der Waals surface area contributed by atoms with Gasteiger partial charge in [0.15, 0.2) is 0 Å². The van der Waals surface area contributed by atoms with Crippen molar-refractivity contribution in [2.75, 3.05) is 0 Å². The number of H-pyrrole nitrogens is 2. The van der Waals surface area contributed by atoms with Crippen molar-refractivity contribution in [2.45, 2.75) is 111 Å². The maximum atomic E-state index is 4.62. The molecule has 242 valence electrons. The lowest BCUT2D eigenvalue weighted by Gasteiger charge is -2.05. The predicted octanol–water partition coefficient (Wildman–Crippen LogP) is 12.9. The molecule has 0 atom stereocenters. The third kappa shape index (κ3) is 23.1. The Morgan fingerprint density at radius 1 is 0.341 bits per heavy atom. The average molecular weight is 599 g/mol. The second kappa shape index (κ2) is 16.1. The van der Waals surface area contributed by atoms with Gasteiger partial charge in [0.2, 0.25) is 0 Å². The highest BCUT2D eigenvalue weighted by atomic mass is 14.8. The van der Waals surface area contributed by atoms with Crippen molar-refractivity contribution in [3.05, 3.63) is 71.3 Å². The van der Waals surface area contributed by atoms with Crippen LogP contribution >= 0.6 is 0 Å². The van der Waals surface area contributed by atoms with E-state index in [0.29, 0.717) is 21.7 Å². The summed E-state index contributed by atoms with van der Waals surface area (Å²) in [5.41, 5.74) is 9.86. The Morgan fingerprint density at radius 3 is 0.795 bits per heavy atom. The van der Waals surface area contributed by atoms with Crippen molar-refractivity contribution in [2.24, 2.45) is 21.7 Å². The molecule has 0 saturated carbocycles. The van der Waals surface area contributed by atoms with Gasteiger partial charge in [0.05, 0.1) is 22.8 Å². The van der Waals surface area contributed by atoms with Crippen LogP contribution in [0.15, 0.2) is 48.5 Å². The average Bonchev–Trinajstić information content (AvgIpc) is 3.55. The Hall–Kier alpha value is -3.40. The van der Waals surface area contributed by atoms with Gasteiger partial charge < -0.3 is 9.97 Å². The molecule has 2 aliphatic heterocycles. The Labute approximate surface area is 269 Å². The molecule has 3 aromatic rings. The summed E-state index contributed by atoms with van der Waals surface area (Å²) in [5, 5.41) is 0. The van der Waals surface area contributed by atoms with Crippen LogP contribution in [0.4, 0.5) is 0 Å². The molecule has 0 aromatic carbocycles. The highest BCUT2D eigenvalue weighted by Gasteiger charge is 2.02. The van der Waals surface area contributed by atoms with Crippen LogP contribution < -0.4 is 0 Å². The van der Waals surface area contributed by atoms with E-state index in [1.165, 1.54) is 0 Å². The molecular formula is C40H62N4. The van der Waals surface area contributed by atoms with Crippen LogP contribution in [0.2, 0.25) is 0 Å². The number of hydrogen-bond acceptors (Lipinski definition) is 2. The molecular weight excluding hydrogens is 536 g/mol. The highest BCUT2D eigenvalue weighted by Crippen LogP contribution is 2.17. The quantitative estimate of drug-likeness (QED) is 0.186. The third-order valence-corrected chi connectivity index (χ3v) is 4.04. The first kappa shape index (κ1) is 38.6. The van der Waals surface area contributed by atoms with Crippen LogP contribution in [0.3, 0.4) is 0 Å². The monoisotopic (exact) mass is 598 g/mol. The van der Waals surface area contributed by atoms with E-state index < -0.39 is 0 Å². The van der Waals surface area contributed by atoms with Gasteiger partial charge in [-0.3, -0.25) is 0 Å². The molecule has 0 radical (unpaired) electrons. The molecule has 0 saturated heterocycles. The van der Waals surface area contributed by atoms with Crippen LogP contribution in [-0.2, 0) is 0 Å². The van der Waals surface area contributed by atoms with Gasteiger partial charge in [-0.1, -0.05) is 111 Å². The van der Waals surface area contributed by atoms with E-state index in [1.54, 1.807) is 0 Å². The Balaban J connectivity index is 0.000000398. The summed E-state index contributed by atoms with van der Waals surface area (Å²) in [5.74, 6) is 0. The smallest absolute Gasteiger partial charge is 0.0659 e. The van der Waals surface area contributed by atoms with Gasteiger partial charge in [0.1, 0.15) is 0 Å². The number of hydrogen-bond donors (Lipinski definition) is 2. The maximum Gasteiger partial charge on any atom is 0.0659 e. The van der Waals surface area contributed by atoms with E-state index in [1.807, 2.05) is 42.5 Å². The number of rotatable bonds is 0. The van der Waals surface area contributed by atoms with Crippen molar-refractivity contribution in [3.8, 4) is 0 Å². The zero-order chi connectivity index (χ0) is 33.9. The van der Waals surface area contributed by atoms with E-state index in [0.717, 1.165) is 44.8 Å². The van der Waals surface area contributed by atoms with E-state index in [-0.39, 0.29) is 0 Å². The lowest BCUT2D eigenvalue weighted by molar-refractivity contribution is 0.469. The minimum atomic E-state index is 0.500. The Morgan fingerprint density at radius 2 is 0.545 bits per heavy atom. The Kier molecular flexibility index (Phi) is 14.1. The molecule has 0 unspecified atom stereocenters. The number of aromatic nitrogens is 4. The van der Waals surface area contributed by atoms with Gasteiger partial charge in [0, 0.05) is 22.1 Å². The van der Waals surface area contributed by atoms with Crippen LogP contribution in [0.1, 0.15) is 134 Å². The lowest BCUT2D eigenvalue weighted by atomic mass is 10.0. The molecule has 0 aliphatic carbocycles. The topological polar surface area (TPSA) is 57.4 Å². The van der Waals surface area contributed by atoms with Crippen LogP contribution in [0.25, 0.3) is 46.4 Å². The van der Waals surface area contributed by atoms with E-state index in [9.17, 15) is 0 Å². The molecule has 3 aromatic heterocycles. The summed E-state index contributed by atoms with van der Waals surface area (Å²) in [7, 11) is 0. The fourth-order valence-corrected chi connectivity index (χ4v) is 2.94. The lowest BCUT2D eigenvalue weighted by Crippen LogP contribution is -1.93. The number of fused-ring (bicyclic) bond motifs is 8. The summed E-state index contributed by atoms with van der Waals surface area (Å²) in [6.07, 6.45) is 8.05. The van der Waals surface area contributed by atoms with Crippen molar-refractivity contribution < 1.29 is 0 Å². The first-order valence-corrected chi connectivity index (χ1v) is 15.8. The van der Waals surface area contributed by atoms with Crippen molar-refractivity contribution in [3.63, 3.8) is 0 Å². The molecule has 5 heterocycles. The zero-order valence-corrected chi connectivity index (χ0v) is 30.8. The maximum absolute atomic E-state index is 4.62. The van der Waals surface area contributed by atoms with Crippen molar-refractivity contribution in [1.29, 1.82) is 0 Å². The number of aromatic amines is 2. The normalized spacial score (nSPS) is 12.4. The molecule has 44 heavy (non-hydrogen) atoms. The standard InChI is InChI=1S/C20H14N4.4C5H12/c1-2-14-10-16-5-6-18(23-16)12-20-8-7-19(24-20)11-17-4-3-15(22-17)9-13(1)21-14;4*1-5(2,3)4/h1-12,21-22H;4*1-4H3. The van der Waals surface area contributed by atoms with Crippen LogP contribution in [-0.4, -0.2) is 19.9 Å². The summed E-state index contributed by atoms with van der Waals surface area (Å²) in [6, 6.07) is 16.4. The fraction of sp³-hybridized carbons (Fsp3) is 0.500. The van der Waals surface area contributed by atoms with Crippen LogP contribution in [0.5, 0.6) is 0 Å². The molecule has 0 fully saturated rings.